The molecule has 4 aliphatic carbocycles. The van der Waals surface area contributed by atoms with Crippen molar-refractivity contribution < 1.29 is 38.9 Å². The lowest BCUT2D eigenvalue weighted by Crippen LogP contribution is -2.67. The molecule has 12 rings (SSSR count). The van der Waals surface area contributed by atoms with Crippen LogP contribution in [0.15, 0.2) is 194 Å². The average molecular weight is 921 g/mol. The Morgan fingerprint density at radius 2 is 0.500 bits per heavy atom. The fraction of sp³-hybridized carbons (Fsp3) is 0.161. The molecule has 2 N–H and O–H groups in total. The quantitative estimate of drug-likeness (QED) is 0.103. The number of benzene rings is 8. The van der Waals surface area contributed by atoms with Crippen LogP contribution in [0.25, 0.3) is 44.5 Å². The van der Waals surface area contributed by atoms with E-state index in [4.69, 9.17) is 9.47 Å². The summed E-state index contributed by atoms with van der Waals surface area (Å²) in [5.41, 5.74) is 13.0. The summed E-state index contributed by atoms with van der Waals surface area (Å²) in [5, 5.41) is 19.1. The molecule has 0 heterocycles. The van der Waals surface area contributed by atoms with Crippen LogP contribution in [0.4, 0.5) is 0 Å². The Kier molecular flexibility index (Phi) is 10.9. The summed E-state index contributed by atoms with van der Waals surface area (Å²) in [5.74, 6) is -0.913. The van der Waals surface area contributed by atoms with E-state index in [1.54, 1.807) is 24.3 Å². The largest absolute Gasteiger partial charge is 0.478 e. The summed E-state index contributed by atoms with van der Waals surface area (Å²) >= 11 is 0. The molecule has 0 aromatic heterocycles. The van der Waals surface area contributed by atoms with Crippen molar-refractivity contribution in [2.45, 2.75) is 60.2 Å². The van der Waals surface area contributed by atoms with Crippen LogP contribution in [0, 0.1) is 0 Å². The highest BCUT2D eigenvalue weighted by Crippen LogP contribution is 2.75. The number of carboxylic acid groups (broad SMARTS) is 2. The van der Waals surface area contributed by atoms with Crippen LogP contribution in [0.3, 0.4) is 0 Å². The lowest BCUT2D eigenvalue weighted by Gasteiger charge is -2.71. The molecule has 0 amide bonds. The van der Waals surface area contributed by atoms with Gasteiger partial charge in [0.1, 0.15) is 11.5 Å². The van der Waals surface area contributed by atoms with Crippen molar-refractivity contribution in [3.63, 3.8) is 0 Å². The number of rotatable bonds is 14. The van der Waals surface area contributed by atoms with Crippen LogP contribution < -0.4 is 9.47 Å². The van der Waals surface area contributed by atoms with Gasteiger partial charge in [0.05, 0.1) is 11.1 Å². The molecule has 0 spiro atoms. The summed E-state index contributed by atoms with van der Waals surface area (Å²) in [7, 11) is 0. The first kappa shape index (κ1) is 44.2. The third-order valence-corrected chi connectivity index (χ3v) is 15.7. The van der Waals surface area contributed by atoms with Crippen molar-refractivity contribution in [1.29, 1.82) is 0 Å². The molecule has 4 saturated carbocycles. The molecule has 0 atom stereocenters. The first-order valence-electron chi connectivity index (χ1n) is 23.5. The maximum absolute atomic E-state index is 11.7. The molecule has 4 aliphatic rings. The van der Waals surface area contributed by atoms with Gasteiger partial charge in [-0.3, -0.25) is 9.59 Å². The van der Waals surface area contributed by atoms with Crippen molar-refractivity contribution in [2.75, 3.05) is 0 Å². The summed E-state index contributed by atoms with van der Waals surface area (Å²) in [6.45, 7) is 0.877. The van der Waals surface area contributed by atoms with Crippen molar-refractivity contribution in [2.24, 2.45) is 0 Å². The summed E-state index contributed by atoms with van der Waals surface area (Å²) in [4.78, 5) is 45.4. The van der Waals surface area contributed by atoms with Gasteiger partial charge in [0.2, 0.25) is 0 Å². The van der Waals surface area contributed by atoms with E-state index in [9.17, 15) is 29.4 Å². The summed E-state index contributed by atoms with van der Waals surface area (Å²) in [6.07, 6.45) is 5.80. The fourth-order valence-electron chi connectivity index (χ4n) is 13.1. The number of hydrogen-bond acceptors (Lipinski definition) is 6. The Labute approximate surface area is 405 Å². The van der Waals surface area contributed by atoms with Crippen LogP contribution in [-0.4, -0.2) is 35.1 Å². The Morgan fingerprint density at radius 1 is 0.314 bits per heavy atom. The Morgan fingerprint density at radius 3 is 0.686 bits per heavy atom. The van der Waals surface area contributed by atoms with Gasteiger partial charge in [-0.2, -0.15) is 0 Å². The maximum Gasteiger partial charge on any atom is 0.335 e. The molecule has 8 aromatic rings. The Hall–Kier alpha value is -8.36. The number of carboxylic acids is 2. The van der Waals surface area contributed by atoms with E-state index in [1.165, 1.54) is 22.3 Å². The number of aromatic carboxylic acids is 2. The normalized spacial score (nSPS) is 21.9. The molecule has 70 heavy (non-hydrogen) atoms. The van der Waals surface area contributed by atoms with Crippen molar-refractivity contribution in [3.8, 4) is 56.0 Å². The zero-order valence-electron chi connectivity index (χ0n) is 38.2. The van der Waals surface area contributed by atoms with Crippen LogP contribution in [0.2, 0.25) is 0 Å². The van der Waals surface area contributed by atoms with Gasteiger partial charge in [-0.25, -0.2) is 9.59 Å². The molecule has 8 aromatic carbocycles. The van der Waals surface area contributed by atoms with Crippen LogP contribution >= 0.6 is 0 Å². The van der Waals surface area contributed by atoms with Gasteiger partial charge in [0.15, 0.2) is 0 Å². The predicted molar refractivity (Wildman–Crippen MR) is 269 cm³/mol. The van der Waals surface area contributed by atoms with Crippen LogP contribution in [0.1, 0.15) is 81.5 Å². The summed E-state index contributed by atoms with van der Waals surface area (Å²) in [6, 6.07) is 65.5. The minimum absolute atomic E-state index is 0.224. The van der Waals surface area contributed by atoms with Gasteiger partial charge in [0, 0.05) is 0 Å². The van der Waals surface area contributed by atoms with Gasteiger partial charge < -0.3 is 19.7 Å². The second-order valence-electron chi connectivity index (χ2n) is 19.7. The van der Waals surface area contributed by atoms with Crippen molar-refractivity contribution in [3.05, 3.63) is 228 Å². The van der Waals surface area contributed by atoms with Crippen LogP contribution in [0.5, 0.6) is 11.5 Å². The molecule has 344 valence electrons. The first-order chi connectivity index (χ1) is 34.0. The zero-order valence-corrected chi connectivity index (χ0v) is 38.2. The smallest absolute Gasteiger partial charge is 0.335 e. The molecule has 4 bridgehead atoms. The second-order valence-corrected chi connectivity index (χ2v) is 19.7. The highest BCUT2D eigenvalue weighted by atomic mass is 16.5. The van der Waals surface area contributed by atoms with Gasteiger partial charge in [-0.1, -0.05) is 146 Å². The lowest BCUT2D eigenvalue weighted by molar-refractivity contribution is -0.121. The van der Waals surface area contributed by atoms with Gasteiger partial charge in [-0.05, 0) is 175 Å². The SMILES string of the molecule is O=COc1ccc(-c2ccc(C34CC5(c6ccc(-c7ccc(OC=O)cc7)cc6)CC(c6ccc(-c7ccc(C(=O)O)cc7)cc6)(C3)CC(c3ccc(-c6ccc(C(=O)O)cc6)cc3)(C4)C5)cc2)cc1. The Bertz CT molecular complexity index is 3010. The molecule has 0 saturated heterocycles. The van der Waals surface area contributed by atoms with E-state index in [2.05, 4.69) is 97.1 Å². The first-order valence-corrected chi connectivity index (χ1v) is 23.5. The highest BCUT2D eigenvalue weighted by Gasteiger charge is 2.69. The third kappa shape index (κ3) is 7.85. The van der Waals surface area contributed by atoms with Gasteiger partial charge >= 0.3 is 11.9 Å². The van der Waals surface area contributed by atoms with E-state index < -0.39 is 11.9 Å². The second kappa shape index (κ2) is 17.3. The lowest BCUT2D eigenvalue weighted by atomic mass is 9.32. The minimum Gasteiger partial charge on any atom is -0.478 e. The highest BCUT2D eigenvalue weighted by molar-refractivity contribution is 5.89. The van der Waals surface area contributed by atoms with E-state index in [-0.39, 0.29) is 32.8 Å². The van der Waals surface area contributed by atoms with Crippen molar-refractivity contribution >= 4 is 24.9 Å². The molecule has 8 heteroatoms. The molecule has 0 aliphatic heterocycles. The number of carbonyl (C=O) groups is 4. The summed E-state index contributed by atoms with van der Waals surface area (Å²) < 4.78 is 10.2. The Balaban J connectivity index is 1.05. The monoisotopic (exact) mass is 920 g/mol. The number of carbonyl (C=O) groups excluding carboxylic acids is 2. The molecular weight excluding hydrogens is 873 g/mol. The fourth-order valence-corrected chi connectivity index (χ4v) is 13.1. The molecule has 4 fully saturated rings. The maximum atomic E-state index is 11.7. The molecular formula is C62H48O8. The average Bonchev–Trinajstić information content (AvgIpc) is 3.39. The standard InChI is InChI=1S/C62H48O8/c63-39-69-55-29-17-47(18-30-55)45-13-25-53(26-14-45)61-34-59(51-21-9-43(10-22-51)41-1-5-49(6-2-41)57(65)66)33-60(36-61,52-23-11-44(12-24-52)42-3-7-50(8-4-42)58(67)68)37-62(35-59,38-61)54-27-15-46(16-28-54)48-19-31-56(32-20-48)70-40-64/h1-32,39-40H,33-38H2,(H,65,66)(H,67,68). The molecule has 8 nitrogen and oxygen atoms in total. The minimum atomic E-state index is -0.950. The molecule has 0 unspecified atom stereocenters. The van der Waals surface area contributed by atoms with Crippen molar-refractivity contribution in [1.82, 2.24) is 0 Å². The number of ether oxygens (including phenoxy) is 2. The number of hydrogen-bond donors (Lipinski definition) is 2. The van der Waals surface area contributed by atoms with E-state index in [0.29, 0.717) is 24.4 Å². The van der Waals surface area contributed by atoms with Crippen LogP contribution in [-0.2, 0) is 31.2 Å². The van der Waals surface area contributed by atoms with E-state index >= 15 is 0 Å². The third-order valence-electron chi connectivity index (χ3n) is 15.7. The molecule has 0 radical (unpaired) electrons. The predicted octanol–water partition coefficient (Wildman–Crippen LogP) is 13.3. The zero-order chi connectivity index (χ0) is 48.1. The topological polar surface area (TPSA) is 127 Å². The van der Waals surface area contributed by atoms with Gasteiger partial charge in [0.25, 0.3) is 12.9 Å². The van der Waals surface area contributed by atoms with E-state index in [0.717, 1.165) is 83.0 Å². The van der Waals surface area contributed by atoms with Gasteiger partial charge in [-0.15, -0.1) is 0 Å². The van der Waals surface area contributed by atoms with E-state index in [1.807, 2.05) is 72.8 Å².